The van der Waals surface area contributed by atoms with Crippen LogP contribution >= 0.6 is 34.5 Å². The summed E-state index contributed by atoms with van der Waals surface area (Å²) in [6, 6.07) is 5.32. The predicted octanol–water partition coefficient (Wildman–Crippen LogP) is 3.31. The molecule has 2 aromatic rings. The third-order valence-corrected chi connectivity index (χ3v) is 4.33. The van der Waals surface area contributed by atoms with Crippen molar-refractivity contribution in [2.24, 2.45) is 5.84 Å². The van der Waals surface area contributed by atoms with Gasteiger partial charge in [-0.3, -0.25) is 5.84 Å². The molecule has 0 saturated heterocycles. The third kappa shape index (κ3) is 2.46. The van der Waals surface area contributed by atoms with Gasteiger partial charge in [0.2, 0.25) is 0 Å². The van der Waals surface area contributed by atoms with Gasteiger partial charge in [-0.05, 0) is 18.6 Å². The molecule has 3 N–H and O–H groups in total. The van der Waals surface area contributed by atoms with Crippen molar-refractivity contribution in [2.75, 3.05) is 0 Å². The van der Waals surface area contributed by atoms with Gasteiger partial charge < -0.3 is 0 Å². The molecule has 0 amide bonds. The zero-order chi connectivity index (χ0) is 12.4. The van der Waals surface area contributed by atoms with Crippen LogP contribution in [0.1, 0.15) is 22.2 Å². The molecule has 2 rings (SSSR count). The number of hydrogen-bond donors (Lipinski definition) is 2. The normalized spacial score (nSPS) is 12.7. The van der Waals surface area contributed by atoms with Gasteiger partial charge in [0.15, 0.2) is 0 Å². The van der Waals surface area contributed by atoms with Gasteiger partial charge in [-0.15, -0.1) is 11.3 Å². The summed E-state index contributed by atoms with van der Waals surface area (Å²) in [4.78, 5) is 5.25. The van der Waals surface area contributed by atoms with Gasteiger partial charge in [0.1, 0.15) is 0 Å². The van der Waals surface area contributed by atoms with E-state index in [0.717, 1.165) is 16.1 Å². The molecule has 17 heavy (non-hydrogen) atoms. The first-order chi connectivity index (χ1) is 8.15. The molecule has 0 saturated carbocycles. The Morgan fingerprint density at radius 3 is 2.76 bits per heavy atom. The number of benzene rings is 1. The zero-order valence-corrected chi connectivity index (χ0v) is 11.4. The molecule has 1 aromatic carbocycles. The van der Waals surface area contributed by atoms with Crippen molar-refractivity contribution < 1.29 is 0 Å². The minimum absolute atomic E-state index is 0.186. The van der Waals surface area contributed by atoms with Crippen LogP contribution in [0.2, 0.25) is 10.0 Å². The molecule has 1 aromatic heterocycles. The van der Waals surface area contributed by atoms with Crippen LogP contribution in [0.4, 0.5) is 0 Å². The quantitative estimate of drug-likeness (QED) is 0.673. The molecule has 0 aliphatic heterocycles. The highest BCUT2D eigenvalue weighted by atomic mass is 35.5. The molecule has 0 spiro atoms. The van der Waals surface area contributed by atoms with Crippen LogP contribution < -0.4 is 11.3 Å². The van der Waals surface area contributed by atoms with Crippen molar-refractivity contribution in [2.45, 2.75) is 13.0 Å². The first kappa shape index (κ1) is 12.8. The molecule has 0 bridgehead atoms. The van der Waals surface area contributed by atoms with Gasteiger partial charge in [-0.2, -0.15) is 0 Å². The van der Waals surface area contributed by atoms with E-state index in [-0.39, 0.29) is 6.04 Å². The molecule has 0 aliphatic rings. The number of rotatable bonds is 3. The van der Waals surface area contributed by atoms with Crippen LogP contribution in [0, 0.1) is 6.92 Å². The second-order valence-corrected chi connectivity index (χ2v) is 5.22. The number of hydrogen-bond acceptors (Lipinski definition) is 4. The third-order valence-electron chi connectivity index (χ3n) is 2.50. The molecule has 0 radical (unpaired) electrons. The molecule has 6 heteroatoms. The van der Waals surface area contributed by atoms with Crippen molar-refractivity contribution in [3.8, 4) is 0 Å². The van der Waals surface area contributed by atoms with E-state index in [1.807, 2.05) is 19.1 Å². The van der Waals surface area contributed by atoms with Gasteiger partial charge >= 0.3 is 0 Å². The maximum atomic E-state index is 6.19. The number of halogens is 2. The fraction of sp³-hybridized carbons (Fsp3) is 0.182. The number of thiazole rings is 1. The lowest BCUT2D eigenvalue weighted by Crippen LogP contribution is -2.29. The molecular weight excluding hydrogens is 277 g/mol. The van der Waals surface area contributed by atoms with Gasteiger partial charge in [-0.1, -0.05) is 35.3 Å². The predicted molar refractivity (Wildman–Crippen MR) is 72.5 cm³/mol. The zero-order valence-electron chi connectivity index (χ0n) is 9.08. The number of nitrogens with two attached hydrogens (primary N) is 1. The largest absolute Gasteiger partial charge is 0.271 e. The highest BCUT2D eigenvalue weighted by molar-refractivity contribution is 7.09. The molecular formula is C11H11Cl2N3S. The first-order valence-electron chi connectivity index (χ1n) is 4.95. The van der Waals surface area contributed by atoms with Crippen LogP contribution in [0.5, 0.6) is 0 Å². The van der Waals surface area contributed by atoms with Gasteiger partial charge in [0, 0.05) is 0 Å². The lowest BCUT2D eigenvalue weighted by atomic mass is 10.1. The highest BCUT2D eigenvalue weighted by Crippen LogP contribution is 2.35. The maximum absolute atomic E-state index is 6.19. The molecule has 0 fully saturated rings. The average molecular weight is 288 g/mol. The Balaban J connectivity index is 2.50. The van der Waals surface area contributed by atoms with Crippen LogP contribution in [0.3, 0.4) is 0 Å². The van der Waals surface area contributed by atoms with Crippen molar-refractivity contribution in [1.82, 2.24) is 10.4 Å². The van der Waals surface area contributed by atoms with E-state index in [2.05, 4.69) is 10.4 Å². The Hall–Kier alpha value is -0.650. The monoisotopic (exact) mass is 287 g/mol. The summed E-state index contributed by atoms with van der Waals surface area (Å²) >= 11 is 13.7. The maximum Gasteiger partial charge on any atom is 0.0836 e. The standard InChI is InChI=1S/C11H11Cl2N3S/c1-6-11(17-5-15-6)10(16-14)7-3-2-4-8(12)9(7)13/h2-5,10,16H,14H2,1H3. The molecule has 1 unspecified atom stereocenters. The van der Waals surface area contributed by atoms with Crippen LogP contribution in [-0.4, -0.2) is 4.98 Å². The Bertz CT molecular complexity index is 527. The fourth-order valence-electron chi connectivity index (χ4n) is 1.64. The van der Waals surface area contributed by atoms with E-state index in [4.69, 9.17) is 29.0 Å². The summed E-state index contributed by atoms with van der Waals surface area (Å²) in [5.74, 6) is 5.61. The van der Waals surface area contributed by atoms with Crippen molar-refractivity contribution >= 4 is 34.5 Å². The van der Waals surface area contributed by atoms with E-state index in [9.17, 15) is 0 Å². The Morgan fingerprint density at radius 1 is 1.41 bits per heavy atom. The van der Waals surface area contributed by atoms with Gasteiger partial charge in [-0.25, -0.2) is 10.4 Å². The summed E-state index contributed by atoms with van der Waals surface area (Å²) in [6.07, 6.45) is 0. The van der Waals surface area contributed by atoms with Crippen molar-refractivity contribution in [3.05, 3.63) is 49.9 Å². The number of nitrogens with one attached hydrogen (secondary N) is 1. The Kier molecular flexibility index (Phi) is 4.01. The minimum atomic E-state index is -0.186. The van der Waals surface area contributed by atoms with E-state index >= 15 is 0 Å². The Labute approximate surface area is 114 Å². The summed E-state index contributed by atoms with van der Waals surface area (Å²) in [5, 5.41) is 1.04. The summed E-state index contributed by atoms with van der Waals surface area (Å²) in [5.41, 5.74) is 6.34. The number of nitrogens with zero attached hydrogens (tertiary/aromatic N) is 1. The second kappa shape index (κ2) is 5.33. The minimum Gasteiger partial charge on any atom is -0.271 e. The summed E-state index contributed by atoms with van der Waals surface area (Å²) in [7, 11) is 0. The fourth-order valence-corrected chi connectivity index (χ4v) is 2.93. The first-order valence-corrected chi connectivity index (χ1v) is 6.58. The lowest BCUT2D eigenvalue weighted by molar-refractivity contribution is 0.642. The van der Waals surface area contributed by atoms with E-state index in [1.165, 1.54) is 11.3 Å². The van der Waals surface area contributed by atoms with Gasteiger partial charge in [0.25, 0.3) is 0 Å². The molecule has 1 heterocycles. The number of aryl methyl sites for hydroxylation is 1. The van der Waals surface area contributed by atoms with Crippen molar-refractivity contribution in [3.63, 3.8) is 0 Å². The van der Waals surface area contributed by atoms with Crippen molar-refractivity contribution in [1.29, 1.82) is 0 Å². The number of aromatic nitrogens is 1. The topological polar surface area (TPSA) is 50.9 Å². The van der Waals surface area contributed by atoms with Gasteiger partial charge in [0.05, 0.1) is 32.2 Å². The second-order valence-electron chi connectivity index (χ2n) is 3.54. The smallest absolute Gasteiger partial charge is 0.0836 e. The van der Waals surface area contributed by atoms with Crippen LogP contribution in [0.25, 0.3) is 0 Å². The SMILES string of the molecule is Cc1ncsc1C(NN)c1cccc(Cl)c1Cl. The van der Waals surface area contributed by atoms with E-state index < -0.39 is 0 Å². The van der Waals surface area contributed by atoms with Crippen LogP contribution in [-0.2, 0) is 0 Å². The summed E-state index contributed by atoms with van der Waals surface area (Å²) in [6.45, 7) is 1.94. The van der Waals surface area contributed by atoms with E-state index in [0.29, 0.717) is 10.0 Å². The molecule has 3 nitrogen and oxygen atoms in total. The van der Waals surface area contributed by atoms with E-state index in [1.54, 1.807) is 11.6 Å². The Morgan fingerprint density at radius 2 is 2.18 bits per heavy atom. The van der Waals surface area contributed by atoms with Crippen LogP contribution in [0.15, 0.2) is 23.7 Å². The summed E-state index contributed by atoms with van der Waals surface area (Å²) < 4.78 is 0. The number of hydrazine groups is 1. The lowest BCUT2D eigenvalue weighted by Gasteiger charge is -2.17. The molecule has 0 aliphatic carbocycles. The molecule has 1 atom stereocenters. The molecule has 90 valence electrons. The highest BCUT2D eigenvalue weighted by Gasteiger charge is 2.20. The average Bonchev–Trinajstić information content (AvgIpc) is 2.72.